The van der Waals surface area contributed by atoms with E-state index in [1.54, 1.807) is 0 Å². The molecule has 2 aliphatic rings. The largest absolute Gasteiger partial charge is 0.379 e. The molecule has 1 saturated carbocycles. The van der Waals surface area contributed by atoms with Gasteiger partial charge < -0.3 is 14.8 Å². The van der Waals surface area contributed by atoms with E-state index in [-0.39, 0.29) is 12.0 Å². The van der Waals surface area contributed by atoms with E-state index in [9.17, 15) is 4.79 Å². The van der Waals surface area contributed by atoms with Crippen LogP contribution in [0.25, 0.3) is 0 Å². The minimum absolute atomic E-state index is 0.0373. The molecule has 128 valence electrons. The number of nitrogens with zero attached hydrogens (tertiary/aromatic N) is 3. The zero-order valence-electron chi connectivity index (χ0n) is 14.2. The van der Waals surface area contributed by atoms with Crippen LogP contribution in [0.2, 0.25) is 0 Å². The molecule has 1 fully saturated rings. The van der Waals surface area contributed by atoms with Crippen LogP contribution in [0.3, 0.4) is 0 Å². The highest BCUT2D eigenvalue weighted by molar-refractivity contribution is 5.84. The summed E-state index contributed by atoms with van der Waals surface area (Å²) in [4.78, 5) is 12.8. The molecule has 0 bridgehead atoms. The third kappa shape index (κ3) is 3.40. The SMILES string of the molecule is CC(C)OCCCNC(=O)C1(C)COCc2nnc(C3CC3)n21. The number of hydrogen-bond acceptors (Lipinski definition) is 5. The van der Waals surface area contributed by atoms with Crippen molar-refractivity contribution in [3.8, 4) is 0 Å². The van der Waals surface area contributed by atoms with Crippen molar-refractivity contribution in [2.24, 2.45) is 0 Å². The number of aromatic nitrogens is 3. The van der Waals surface area contributed by atoms with E-state index in [1.165, 1.54) is 0 Å². The second-order valence-electron chi connectivity index (χ2n) is 6.88. The Morgan fingerprint density at radius 3 is 2.96 bits per heavy atom. The van der Waals surface area contributed by atoms with E-state index < -0.39 is 5.54 Å². The minimum atomic E-state index is -0.770. The molecule has 1 atom stereocenters. The van der Waals surface area contributed by atoms with Gasteiger partial charge in [0.25, 0.3) is 0 Å². The molecule has 1 aliphatic heterocycles. The van der Waals surface area contributed by atoms with Gasteiger partial charge in [-0.2, -0.15) is 0 Å². The van der Waals surface area contributed by atoms with E-state index in [2.05, 4.69) is 15.5 Å². The van der Waals surface area contributed by atoms with Gasteiger partial charge in [0, 0.05) is 19.1 Å². The molecule has 0 radical (unpaired) electrons. The summed E-state index contributed by atoms with van der Waals surface area (Å²) in [6.07, 6.45) is 3.27. The summed E-state index contributed by atoms with van der Waals surface area (Å²) >= 11 is 0. The lowest BCUT2D eigenvalue weighted by molar-refractivity contribution is -0.135. The first kappa shape index (κ1) is 16.4. The number of carbonyl (C=O) groups is 1. The molecule has 2 heterocycles. The van der Waals surface area contributed by atoms with Gasteiger partial charge in [0.05, 0.1) is 12.7 Å². The Labute approximate surface area is 136 Å². The molecule has 23 heavy (non-hydrogen) atoms. The molecule has 0 aromatic carbocycles. The molecule has 7 nitrogen and oxygen atoms in total. The Bertz CT molecular complexity index is 568. The van der Waals surface area contributed by atoms with Crippen LogP contribution >= 0.6 is 0 Å². The van der Waals surface area contributed by atoms with Gasteiger partial charge in [-0.3, -0.25) is 9.36 Å². The fourth-order valence-electron chi connectivity index (χ4n) is 2.92. The van der Waals surface area contributed by atoms with Gasteiger partial charge in [-0.15, -0.1) is 10.2 Å². The normalized spacial score (nSPS) is 23.8. The molecule has 1 amide bonds. The lowest BCUT2D eigenvalue weighted by Gasteiger charge is -2.35. The summed E-state index contributed by atoms with van der Waals surface area (Å²) in [5, 5.41) is 11.5. The molecule has 1 aromatic rings. The third-order valence-corrected chi connectivity index (χ3v) is 4.35. The van der Waals surface area contributed by atoms with E-state index in [1.807, 2.05) is 25.3 Å². The fourth-order valence-corrected chi connectivity index (χ4v) is 2.92. The van der Waals surface area contributed by atoms with Crippen LogP contribution in [-0.4, -0.2) is 46.5 Å². The molecule has 1 aromatic heterocycles. The van der Waals surface area contributed by atoms with Gasteiger partial charge >= 0.3 is 0 Å². The van der Waals surface area contributed by atoms with Crippen LogP contribution in [-0.2, 0) is 26.4 Å². The van der Waals surface area contributed by atoms with E-state index in [0.29, 0.717) is 32.3 Å². The fraction of sp³-hybridized carbons (Fsp3) is 0.812. The Morgan fingerprint density at radius 1 is 1.48 bits per heavy atom. The van der Waals surface area contributed by atoms with Crippen molar-refractivity contribution in [3.63, 3.8) is 0 Å². The number of ether oxygens (including phenoxy) is 2. The third-order valence-electron chi connectivity index (χ3n) is 4.35. The van der Waals surface area contributed by atoms with Crippen LogP contribution in [0.15, 0.2) is 0 Å². The zero-order valence-corrected chi connectivity index (χ0v) is 14.2. The first-order valence-corrected chi connectivity index (χ1v) is 8.44. The Hall–Kier alpha value is -1.47. The average molecular weight is 322 g/mol. The molecule has 1 unspecified atom stereocenters. The standard InChI is InChI=1S/C16H26N4O3/c1-11(2)23-8-4-7-17-15(21)16(3)10-22-9-13-18-19-14(20(13)16)12-5-6-12/h11-12H,4-10H2,1-3H3,(H,17,21). The van der Waals surface area contributed by atoms with Crippen molar-refractivity contribution in [3.05, 3.63) is 11.6 Å². The van der Waals surface area contributed by atoms with Crippen molar-refractivity contribution >= 4 is 5.91 Å². The summed E-state index contributed by atoms with van der Waals surface area (Å²) < 4.78 is 13.1. The molecule has 7 heteroatoms. The lowest BCUT2D eigenvalue weighted by Crippen LogP contribution is -2.53. The quantitative estimate of drug-likeness (QED) is 0.766. The topological polar surface area (TPSA) is 78.3 Å². The highest BCUT2D eigenvalue weighted by Gasteiger charge is 2.44. The Kier molecular flexibility index (Phi) is 4.68. The predicted octanol–water partition coefficient (Wildman–Crippen LogP) is 1.33. The molecular formula is C16H26N4O3. The summed E-state index contributed by atoms with van der Waals surface area (Å²) in [5.41, 5.74) is -0.770. The van der Waals surface area contributed by atoms with Crippen molar-refractivity contribution in [1.82, 2.24) is 20.1 Å². The second kappa shape index (κ2) is 6.57. The summed E-state index contributed by atoms with van der Waals surface area (Å²) in [5.74, 6) is 2.09. The van der Waals surface area contributed by atoms with Crippen molar-refractivity contribution in [1.29, 1.82) is 0 Å². The number of amides is 1. The maximum Gasteiger partial charge on any atom is 0.248 e. The summed E-state index contributed by atoms with van der Waals surface area (Å²) in [6.45, 7) is 7.94. The first-order chi connectivity index (χ1) is 11.0. The monoisotopic (exact) mass is 322 g/mol. The minimum Gasteiger partial charge on any atom is -0.379 e. The maximum atomic E-state index is 12.8. The van der Waals surface area contributed by atoms with Crippen molar-refractivity contribution in [2.75, 3.05) is 19.8 Å². The highest BCUT2D eigenvalue weighted by atomic mass is 16.5. The van der Waals surface area contributed by atoms with Gasteiger partial charge in [0.2, 0.25) is 5.91 Å². The Balaban J connectivity index is 1.65. The molecule has 1 N–H and O–H groups in total. The predicted molar refractivity (Wildman–Crippen MR) is 84.0 cm³/mol. The zero-order chi connectivity index (χ0) is 16.4. The van der Waals surface area contributed by atoms with Crippen LogP contribution in [0.4, 0.5) is 0 Å². The van der Waals surface area contributed by atoms with Crippen molar-refractivity contribution in [2.45, 2.75) is 64.2 Å². The number of fused-ring (bicyclic) bond motifs is 1. The van der Waals surface area contributed by atoms with Crippen LogP contribution in [0.5, 0.6) is 0 Å². The van der Waals surface area contributed by atoms with E-state index in [4.69, 9.17) is 9.47 Å². The van der Waals surface area contributed by atoms with Crippen LogP contribution in [0, 0.1) is 0 Å². The number of nitrogens with one attached hydrogen (secondary N) is 1. The number of rotatable bonds is 7. The Morgan fingerprint density at radius 2 is 2.26 bits per heavy atom. The van der Waals surface area contributed by atoms with Crippen LogP contribution in [0.1, 0.15) is 57.6 Å². The van der Waals surface area contributed by atoms with Gasteiger partial charge in [0.1, 0.15) is 18.0 Å². The van der Waals surface area contributed by atoms with Gasteiger partial charge in [0.15, 0.2) is 5.82 Å². The van der Waals surface area contributed by atoms with Gasteiger partial charge in [-0.1, -0.05) is 0 Å². The van der Waals surface area contributed by atoms with Crippen LogP contribution < -0.4 is 5.32 Å². The smallest absolute Gasteiger partial charge is 0.248 e. The average Bonchev–Trinajstić information content (AvgIpc) is 3.26. The molecule has 3 rings (SSSR count). The molecule has 1 aliphatic carbocycles. The van der Waals surface area contributed by atoms with Gasteiger partial charge in [-0.25, -0.2) is 0 Å². The molecule has 0 spiro atoms. The lowest BCUT2D eigenvalue weighted by atomic mass is 9.99. The van der Waals surface area contributed by atoms with Gasteiger partial charge in [-0.05, 0) is 40.0 Å². The molecule has 0 saturated heterocycles. The number of carbonyl (C=O) groups excluding carboxylic acids is 1. The highest BCUT2D eigenvalue weighted by Crippen LogP contribution is 2.41. The first-order valence-electron chi connectivity index (χ1n) is 8.44. The molecular weight excluding hydrogens is 296 g/mol. The maximum absolute atomic E-state index is 12.8. The summed E-state index contributed by atoms with van der Waals surface area (Å²) in [6, 6.07) is 0. The summed E-state index contributed by atoms with van der Waals surface area (Å²) in [7, 11) is 0. The van der Waals surface area contributed by atoms with E-state index >= 15 is 0 Å². The number of hydrogen-bond donors (Lipinski definition) is 1. The van der Waals surface area contributed by atoms with Crippen molar-refractivity contribution < 1.29 is 14.3 Å². The second-order valence-corrected chi connectivity index (χ2v) is 6.88. The van der Waals surface area contributed by atoms with E-state index in [0.717, 1.165) is 30.9 Å².